The molecule has 2 aliphatic carbocycles. The number of ether oxygens (including phenoxy) is 2. The molecule has 0 bridgehead atoms. The van der Waals surface area contributed by atoms with Gasteiger partial charge in [-0.05, 0) is 106 Å². The minimum Gasteiger partial charge on any atom is -0.481 e. The van der Waals surface area contributed by atoms with Crippen molar-refractivity contribution in [3.8, 4) is 5.75 Å². The summed E-state index contributed by atoms with van der Waals surface area (Å²) in [4.78, 5) is 26.7. The third-order valence-electron chi connectivity index (χ3n) is 9.98. The second kappa shape index (κ2) is 12.6. The Morgan fingerprint density at radius 1 is 1.14 bits per heavy atom. The average Bonchev–Trinajstić information content (AvgIpc) is 3.78. The predicted molar refractivity (Wildman–Crippen MR) is 151 cm³/mol. The Balaban J connectivity index is 1.21. The molecule has 9 heteroatoms. The summed E-state index contributed by atoms with van der Waals surface area (Å²) in [5.74, 6) is 1.09. The van der Waals surface area contributed by atoms with Gasteiger partial charge in [0.15, 0.2) is 6.73 Å². The van der Waals surface area contributed by atoms with Crippen LogP contribution in [0.15, 0.2) is 29.8 Å². The lowest BCUT2D eigenvalue weighted by Gasteiger charge is -2.43. The number of carbonyl (C=O) groups excluding carboxylic acids is 1. The van der Waals surface area contributed by atoms with E-state index in [1.165, 1.54) is 16.5 Å². The molecule has 2 aliphatic heterocycles. The fraction of sp³-hybridized carbons (Fsp3) is 0.697. The van der Waals surface area contributed by atoms with E-state index in [0.29, 0.717) is 42.1 Å². The molecule has 2 unspecified atom stereocenters. The normalized spacial score (nSPS) is 30.9. The summed E-state index contributed by atoms with van der Waals surface area (Å²) in [5, 5.41) is 9.24. The van der Waals surface area contributed by atoms with E-state index in [2.05, 4.69) is 19.9 Å². The second-order valence-corrected chi connectivity index (χ2v) is 13.3. The predicted octanol–water partition coefficient (Wildman–Crippen LogP) is 7.60. The van der Waals surface area contributed by atoms with E-state index in [9.17, 15) is 27.9 Å². The standard InChI is InChI=1S/C33H44F3NO5/c1-21-6-7-25(22(2)15-30(38)39)5-3-4-23(14-21)16-24-12-13-32(42-19-24,27-8-9-27)31(40)37-18-26-17-28(33(34,35)36)10-11-29(26)41-20-37/h4,10-11,17,21-22,24-25,27H,3,5-9,12-16,18-20H2,1-2H3,(H,38,39)/b23-4+/t21?,22-,24-,25?,32-/m0/s1. The molecule has 2 fully saturated rings. The number of fused-ring (bicyclic) bond motifs is 1. The van der Waals surface area contributed by atoms with Gasteiger partial charge < -0.3 is 19.5 Å². The third kappa shape index (κ3) is 7.14. The lowest BCUT2D eigenvalue weighted by Crippen LogP contribution is -2.56. The highest BCUT2D eigenvalue weighted by Gasteiger charge is 2.55. The Morgan fingerprint density at radius 3 is 2.60 bits per heavy atom. The fourth-order valence-electron chi connectivity index (χ4n) is 7.36. The van der Waals surface area contributed by atoms with E-state index >= 15 is 0 Å². The SMILES string of the molecule is CC1CCC([C@@H](C)CC(=O)O)CC/C=C(/C[C@@H]2CC[C@@](C(=O)N3COc4ccc(C(F)(F)F)cc4C3)(C3CC3)OC2)C1. The maximum absolute atomic E-state index is 13.9. The molecule has 42 heavy (non-hydrogen) atoms. The number of hydrogen-bond acceptors (Lipinski definition) is 4. The van der Waals surface area contributed by atoms with Gasteiger partial charge in [-0.2, -0.15) is 13.2 Å². The molecule has 1 saturated heterocycles. The minimum absolute atomic E-state index is 0.00923. The zero-order chi connectivity index (χ0) is 30.1. The zero-order valence-corrected chi connectivity index (χ0v) is 24.8. The first kappa shape index (κ1) is 30.9. The lowest BCUT2D eigenvalue weighted by molar-refractivity contribution is -0.178. The van der Waals surface area contributed by atoms with E-state index in [1.54, 1.807) is 0 Å². The van der Waals surface area contributed by atoms with Crippen LogP contribution >= 0.6 is 0 Å². The number of amides is 1. The number of benzene rings is 1. The van der Waals surface area contributed by atoms with Crippen molar-refractivity contribution in [1.82, 2.24) is 4.90 Å². The van der Waals surface area contributed by atoms with Crippen LogP contribution in [0.3, 0.4) is 0 Å². The largest absolute Gasteiger partial charge is 0.481 e. The van der Waals surface area contributed by atoms with Crippen molar-refractivity contribution < 1.29 is 37.3 Å². The van der Waals surface area contributed by atoms with Gasteiger partial charge in [0.05, 0.1) is 18.7 Å². The fourth-order valence-corrected chi connectivity index (χ4v) is 7.36. The first-order valence-corrected chi connectivity index (χ1v) is 15.6. The highest BCUT2D eigenvalue weighted by atomic mass is 19.4. The Hall–Kier alpha value is -2.55. The summed E-state index contributed by atoms with van der Waals surface area (Å²) in [6.07, 6.45) is 7.57. The quantitative estimate of drug-likeness (QED) is 0.331. The van der Waals surface area contributed by atoms with Crippen LogP contribution in [0.4, 0.5) is 13.2 Å². The van der Waals surface area contributed by atoms with Crippen LogP contribution < -0.4 is 4.74 Å². The molecule has 232 valence electrons. The molecule has 1 aromatic carbocycles. The van der Waals surface area contributed by atoms with Gasteiger partial charge in [0.1, 0.15) is 11.4 Å². The molecule has 1 amide bonds. The highest BCUT2D eigenvalue weighted by Crippen LogP contribution is 2.49. The number of hydrogen-bond donors (Lipinski definition) is 1. The van der Waals surface area contributed by atoms with Crippen LogP contribution in [0.25, 0.3) is 0 Å². The number of carboxylic acids is 1. The monoisotopic (exact) mass is 591 g/mol. The molecule has 5 atom stereocenters. The summed E-state index contributed by atoms with van der Waals surface area (Å²) >= 11 is 0. The molecule has 0 aromatic heterocycles. The number of alkyl halides is 3. The van der Waals surface area contributed by atoms with Crippen molar-refractivity contribution >= 4 is 11.9 Å². The number of aliphatic carboxylic acids is 1. The summed E-state index contributed by atoms with van der Waals surface area (Å²) in [5.41, 5.74) is 0.137. The number of nitrogens with zero attached hydrogens (tertiary/aromatic N) is 1. The zero-order valence-electron chi connectivity index (χ0n) is 24.8. The molecule has 1 N–H and O–H groups in total. The third-order valence-corrected chi connectivity index (χ3v) is 9.98. The van der Waals surface area contributed by atoms with E-state index in [-0.39, 0.29) is 37.4 Å². The number of halogens is 3. The van der Waals surface area contributed by atoms with E-state index in [0.717, 1.165) is 69.9 Å². The van der Waals surface area contributed by atoms with Gasteiger partial charge in [-0.15, -0.1) is 0 Å². The topological polar surface area (TPSA) is 76.1 Å². The Bertz CT molecular complexity index is 1170. The van der Waals surface area contributed by atoms with Gasteiger partial charge in [-0.3, -0.25) is 9.59 Å². The van der Waals surface area contributed by atoms with Crippen molar-refractivity contribution in [2.75, 3.05) is 13.3 Å². The highest BCUT2D eigenvalue weighted by molar-refractivity contribution is 5.86. The average molecular weight is 592 g/mol. The van der Waals surface area contributed by atoms with E-state index < -0.39 is 23.3 Å². The van der Waals surface area contributed by atoms with Crippen molar-refractivity contribution in [2.45, 2.75) is 103 Å². The van der Waals surface area contributed by atoms with Crippen LogP contribution in [-0.2, 0) is 27.0 Å². The first-order valence-electron chi connectivity index (χ1n) is 15.6. The first-order chi connectivity index (χ1) is 19.9. The lowest BCUT2D eigenvalue weighted by atomic mass is 9.80. The van der Waals surface area contributed by atoms with Crippen LogP contribution in [-0.4, -0.2) is 40.8 Å². The smallest absolute Gasteiger partial charge is 0.416 e. The molecule has 1 saturated carbocycles. The number of carboxylic acid groups (broad SMARTS) is 1. The molecule has 6 nitrogen and oxygen atoms in total. The molecule has 0 radical (unpaired) electrons. The van der Waals surface area contributed by atoms with Crippen molar-refractivity contribution in [3.05, 3.63) is 41.0 Å². The second-order valence-electron chi connectivity index (χ2n) is 13.3. The summed E-state index contributed by atoms with van der Waals surface area (Å²) < 4.78 is 52.1. The van der Waals surface area contributed by atoms with Crippen LogP contribution in [0, 0.1) is 29.6 Å². The molecule has 5 rings (SSSR count). The van der Waals surface area contributed by atoms with E-state index in [1.807, 2.05) is 0 Å². The van der Waals surface area contributed by atoms with Gasteiger partial charge >= 0.3 is 12.1 Å². The maximum Gasteiger partial charge on any atom is 0.416 e. The molecule has 0 spiro atoms. The summed E-state index contributed by atoms with van der Waals surface area (Å²) in [7, 11) is 0. The van der Waals surface area contributed by atoms with Gasteiger partial charge in [-0.1, -0.05) is 31.9 Å². The molecular formula is C33H44F3NO5. The van der Waals surface area contributed by atoms with Gasteiger partial charge in [0.2, 0.25) is 0 Å². The summed E-state index contributed by atoms with van der Waals surface area (Å²) in [6.45, 7) is 4.93. The van der Waals surface area contributed by atoms with Crippen LogP contribution in [0.1, 0.15) is 95.6 Å². The summed E-state index contributed by atoms with van der Waals surface area (Å²) in [6, 6.07) is 3.43. The maximum atomic E-state index is 13.9. The number of carbonyl (C=O) groups is 2. The Kier molecular flexibility index (Phi) is 9.26. The molecule has 2 heterocycles. The van der Waals surface area contributed by atoms with Crippen molar-refractivity contribution in [1.29, 1.82) is 0 Å². The Morgan fingerprint density at radius 2 is 1.93 bits per heavy atom. The van der Waals surface area contributed by atoms with Crippen molar-refractivity contribution in [2.24, 2.45) is 29.6 Å². The number of allylic oxidation sites excluding steroid dienone is 2. The minimum atomic E-state index is -4.46. The van der Waals surface area contributed by atoms with E-state index in [4.69, 9.17) is 9.47 Å². The number of rotatable bonds is 7. The van der Waals surface area contributed by atoms with Crippen LogP contribution in [0.5, 0.6) is 5.75 Å². The molecular weight excluding hydrogens is 547 g/mol. The molecule has 4 aliphatic rings. The van der Waals surface area contributed by atoms with Crippen molar-refractivity contribution in [3.63, 3.8) is 0 Å². The molecule has 1 aromatic rings. The van der Waals surface area contributed by atoms with Gasteiger partial charge in [0.25, 0.3) is 5.91 Å². The van der Waals surface area contributed by atoms with Gasteiger partial charge in [0, 0.05) is 12.0 Å². The van der Waals surface area contributed by atoms with Gasteiger partial charge in [-0.25, -0.2) is 0 Å². The van der Waals surface area contributed by atoms with Crippen LogP contribution in [0.2, 0.25) is 0 Å². The Labute approximate surface area is 246 Å².